The SMILES string of the molecule is [2H]C([2H])([2H])c1ccc(-n2c(-c3ccccc3O)nc3c(-c4cc(-c5cc(-c6ccc(-c7ccccc7)cc6)ccn5)c5c(c4)-c4ccccc4C5(C)C)cccc32)c(-c2ccccc2)c1. The minimum absolute atomic E-state index is 0.0882. The Labute approximate surface area is 366 Å². The number of aromatic hydroxyl groups is 1. The highest BCUT2D eigenvalue weighted by molar-refractivity contribution is 6.00. The van der Waals surface area contributed by atoms with E-state index in [1.165, 1.54) is 27.8 Å². The van der Waals surface area contributed by atoms with Crippen LogP contribution in [0, 0.1) is 6.85 Å². The van der Waals surface area contributed by atoms with Gasteiger partial charge in [0, 0.05) is 32.4 Å². The summed E-state index contributed by atoms with van der Waals surface area (Å²) in [5.41, 5.74) is 17.5. The lowest BCUT2D eigenvalue weighted by Crippen LogP contribution is -2.16. The first-order valence-electron chi connectivity index (χ1n) is 22.5. The van der Waals surface area contributed by atoms with Crippen LogP contribution in [0.25, 0.3) is 95.0 Å². The Hall–Kier alpha value is -7.82. The monoisotopic (exact) mass is 800 g/mol. The summed E-state index contributed by atoms with van der Waals surface area (Å²) < 4.78 is 27.0. The summed E-state index contributed by atoms with van der Waals surface area (Å²) >= 11 is 0. The molecule has 4 heteroatoms. The quantitative estimate of drug-likeness (QED) is 0.175. The fraction of sp³-hybridized carbons (Fsp3) is 0.0690. The zero-order valence-electron chi connectivity index (χ0n) is 37.3. The maximum atomic E-state index is 11.4. The van der Waals surface area contributed by atoms with Crippen LogP contribution in [0.1, 0.15) is 34.7 Å². The second kappa shape index (κ2) is 14.7. The molecule has 2 aromatic heterocycles. The largest absolute Gasteiger partial charge is 0.507 e. The van der Waals surface area contributed by atoms with E-state index in [1.54, 1.807) is 24.3 Å². The fourth-order valence-electron chi connectivity index (χ4n) is 9.53. The average molecular weight is 801 g/mol. The van der Waals surface area contributed by atoms with Crippen molar-refractivity contribution in [2.75, 3.05) is 0 Å². The standard InChI is InChI=1S/C58H43N3O/c1-37-25-30-52(47(33-37)41-17-8-5-9-18-41)61-53-23-14-21-44(56(53)60-57(61)46-20-11-13-24-54(46)62)43-34-48-45-19-10-12-22-50(45)58(2,3)55(48)49(35-43)51-36-42(31-32-59-51)40-28-26-39(27-29-40)38-15-6-4-7-16-38/h4-36,62H,1-3H3/i1D3. The van der Waals surface area contributed by atoms with Gasteiger partial charge in [0.05, 0.1) is 28.0 Å². The number of para-hydroxylation sites is 2. The van der Waals surface area contributed by atoms with Crippen LogP contribution >= 0.6 is 0 Å². The van der Waals surface area contributed by atoms with Crippen LogP contribution in [0.2, 0.25) is 0 Å². The van der Waals surface area contributed by atoms with Crippen molar-refractivity contribution in [1.82, 2.24) is 14.5 Å². The van der Waals surface area contributed by atoms with E-state index in [2.05, 4.69) is 122 Å². The Bertz CT molecular complexity index is 3450. The smallest absolute Gasteiger partial charge is 0.149 e. The van der Waals surface area contributed by atoms with E-state index < -0.39 is 6.85 Å². The van der Waals surface area contributed by atoms with Gasteiger partial charge in [-0.25, -0.2) is 4.98 Å². The summed E-state index contributed by atoms with van der Waals surface area (Å²) in [6, 6.07) is 65.2. The number of aromatic nitrogens is 3. The Morgan fingerprint density at radius 3 is 1.90 bits per heavy atom. The molecule has 1 aliphatic carbocycles. The normalized spacial score (nSPS) is 13.5. The lowest BCUT2D eigenvalue weighted by molar-refractivity contribution is 0.477. The highest BCUT2D eigenvalue weighted by atomic mass is 16.3. The Morgan fingerprint density at radius 2 is 1.15 bits per heavy atom. The summed E-state index contributed by atoms with van der Waals surface area (Å²) in [6.45, 7) is 2.29. The van der Waals surface area contributed by atoms with Crippen molar-refractivity contribution in [2.45, 2.75) is 26.1 Å². The number of benzene rings is 8. The minimum atomic E-state index is -2.31. The number of nitrogens with zero attached hydrogens (tertiary/aromatic N) is 3. The molecule has 10 aromatic rings. The van der Waals surface area contributed by atoms with E-state index in [0.29, 0.717) is 11.4 Å². The van der Waals surface area contributed by atoms with E-state index in [0.717, 1.165) is 66.9 Å². The first-order valence-corrected chi connectivity index (χ1v) is 21.0. The molecule has 0 radical (unpaired) electrons. The first-order chi connectivity index (χ1) is 31.5. The molecule has 8 aromatic carbocycles. The summed E-state index contributed by atoms with van der Waals surface area (Å²) in [5, 5.41) is 11.4. The molecule has 1 aliphatic rings. The first kappa shape index (κ1) is 34.0. The van der Waals surface area contributed by atoms with Crippen LogP contribution in [0.5, 0.6) is 5.75 Å². The molecule has 0 spiro atoms. The summed E-state index contributed by atoms with van der Waals surface area (Å²) in [5.74, 6) is 0.621. The van der Waals surface area contributed by atoms with Gasteiger partial charge < -0.3 is 5.11 Å². The number of phenols is 1. The number of hydrogen-bond acceptors (Lipinski definition) is 3. The lowest BCUT2D eigenvalue weighted by atomic mass is 9.78. The van der Waals surface area contributed by atoms with Crippen LogP contribution in [-0.2, 0) is 5.41 Å². The van der Waals surface area contributed by atoms with Gasteiger partial charge in [0.15, 0.2) is 0 Å². The Balaban J connectivity index is 1.14. The molecular formula is C58H43N3O. The van der Waals surface area contributed by atoms with Gasteiger partial charge in [0.1, 0.15) is 11.6 Å². The van der Waals surface area contributed by atoms with Crippen LogP contribution in [0.4, 0.5) is 0 Å². The van der Waals surface area contributed by atoms with Gasteiger partial charge >= 0.3 is 0 Å². The molecule has 4 nitrogen and oxygen atoms in total. The number of phenolic OH excluding ortho intramolecular Hbond substituents is 1. The molecule has 0 bridgehead atoms. The molecule has 62 heavy (non-hydrogen) atoms. The van der Waals surface area contributed by atoms with Gasteiger partial charge in [-0.1, -0.05) is 159 Å². The van der Waals surface area contributed by atoms with Crippen molar-refractivity contribution in [3.63, 3.8) is 0 Å². The van der Waals surface area contributed by atoms with Crippen molar-refractivity contribution in [1.29, 1.82) is 0 Å². The molecule has 0 aliphatic heterocycles. The molecule has 0 atom stereocenters. The van der Waals surface area contributed by atoms with E-state index in [1.807, 2.05) is 72.9 Å². The van der Waals surface area contributed by atoms with E-state index >= 15 is 0 Å². The predicted octanol–water partition coefficient (Wildman–Crippen LogP) is 14.7. The Kier molecular flexibility index (Phi) is 8.06. The minimum Gasteiger partial charge on any atom is -0.507 e. The second-order valence-electron chi connectivity index (χ2n) is 16.5. The number of hydrogen-bond donors (Lipinski definition) is 1. The second-order valence-corrected chi connectivity index (χ2v) is 16.5. The Morgan fingerprint density at radius 1 is 0.500 bits per heavy atom. The van der Waals surface area contributed by atoms with E-state index in [4.69, 9.17) is 14.1 Å². The number of fused-ring (bicyclic) bond motifs is 4. The van der Waals surface area contributed by atoms with Crippen molar-refractivity contribution in [2.24, 2.45) is 0 Å². The number of imidazole rings is 1. The maximum absolute atomic E-state index is 11.4. The fourth-order valence-corrected chi connectivity index (χ4v) is 9.53. The van der Waals surface area contributed by atoms with Crippen molar-refractivity contribution < 1.29 is 9.22 Å². The molecule has 0 fully saturated rings. The van der Waals surface area contributed by atoms with Gasteiger partial charge in [0.25, 0.3) is 0 Å². The lowest BCUT2D eigenvalue weighted by Gasteiger charge is -2.25. The molecule has 11 rings (SSSR count). The predicted molar refractivity (Wildman–Crippen MR) is 255 cm³/mol. The molecule has 2 heterocycles. The molecule has 1 N–H and O–H groups in total. The number of rotatable bonds is 7. The molecule has 0 saturated heterocycles. The van der Waals surface area contributed by atoms with Crippen molar-refractivity contribution in [3.05, 3.63) is 217 Å². The zero-order chi connectivity index (χ0) is 44.5. The topological polar surface area (TPSA) is 50.9 Å². The van der Waals surface area contributed by atoms with Gasteiger partial charge in [-0.3, -0.25) is 9.55 Å². The highest BCUT2D eigenvalue weighted by Crippen LogP contribution is 2.54. The van der Waals surface area contributed by atoms with Crippen LogP contribution in [0.3, 0.4) is 0 Å². The third-order valence-electron chi connectivity index (χ3n) is 12.5. The van der Waals surface area contributed by atoms with Gasteiger partial charge in [-0.05, 0) is 117 Å². The summed E-state index contributed by atoms with van der Waals surface area (Å²) in [7, 11) is 0. The third kappa shape index (κ3) is 6.14. The number of pyridine rings is 1. The summed E-state index contributed by atoms with van der Waals surface area (Å²) in [6.07, 6.45) is 1.91. The van der Waals surface area contributed by atoms with Crippen molar-refractivity contribution in [3.8, 4) is 89.7 Å². The maximum Gasteiger partial charge on any atom is 0.149 e. The molecule has 296 valence electrons. The average Bonchev–Trinajstić information content (AvgIpc) is 3.83. The molecular weight excluding hydrogens is 755 g/mol. The highest BCUT2D eigenvalue weighted by Gasteiger charge is 2.38. The van der Waals surface area contributed by atoms with Crippen LogP contribution < -0.4 is 0 Å². The van der Waals surface area contributed by atoms with E-state index in [-0.39, 0.29) is 16.7 Å². The van der Waals surface area contributed by atoms with Crippen LogP contribution in [-0.4, -0.2) is 19.6 Å². The third-order valence-corrected chi connectivity index (χ3v) is 12.5. The van der Waals surface area contributed by atoms with E-state index in [9.17, 15) is 5.11 Å². The van der Waals surface area contributed by atoms with Crippen molar-refractivity contribution >= 4 is 11.0 Å². The van der Waals surface area contributed by atoms with Gasteiger partial charge in [0.2, 0.25) is 0 Å². The molecule has 0 unspecified atom stereocenters. The number of aryl methyl sites for hydroxylation is 1. The van der Waals surface area contributed by atoms with Gasteiger partial charge in [-0.15, -0.1) is 0 Å². The molecule has 0 saturated carbocycles. The summed E-state index contributed by atoms with van der Waals surface area (Å²) in [4.78, 5) is 10.5. The van der Waals surface area contributed by atoms with Gasteiger partial charge in [-0.2, -0.15) is 0 Å². The zero-order valence-corrected chi connectivity index (χ0v) is 34.3. The molecule has 0 amide bonds. The van der Waals surface area contributed by atoms with Crippen LogP contribution in [0.15, 0.2) is 200 Å².